The van der Waals surface area contributed by atoms with Gasteiger partial charge in [0.1, 0.15) is 23.9 Å². The maximum Gasteiger partial charge on any atom is 0.335 e. The summed E-state index contributed by atoms with van der Waals surface area (Å²) in [6, 6.07) is 11.8. The van der Waals surface area contributed by atoms with E-state index in [0.29, 0.717) is 49.6 Å². The highest BCUT2D eigenvalue weighted by molar-refractivity contribution is 6.34. The van der Waals surface area contributed by atoms with Crippen LogP contribution in [0.3, 0.4) is 0 Å². The van der Waals surface area contributed by atoms with Crippen LogP contribution >= 0.6 is 23.2 Å². The number of rotatable bonds is 5. The van der Waals surface area contributed by atoms with Crippen LogP contribution in [0.2, 0.25) is 10.0 Å². The Morgan fingerprint density at radius 1 is 1.05 bits per heavy atom. The number of halogens is 3. The fraction of sp³-hybridized carbons (Fsp3) is 0.233. The van der Waals surface area contributed by atoms with Crippen molar-refractivity contribution in [3.05, 3.63) is 81.2 Å². The zero-order chi connectivity index (χ0) is 29.8. The number of amides is 1. The lowest BCUT2D eigenvalue weighted by Crippen LogP contribution is -2.43. The highest BCUT2D eigenvalue weighted by Crippen LogP contribution is 2.46. The van der Waals surface area contributed by atoms with Crippen LogP contribution in [0.15, 0.2) is 48.5 Å². The first-order valence-electron chi connectivity index (χ1n) is 12.5. The van der Waals surface area contributed by atoms with Gasteiger partial charge in [0.15, 0.2) is 5.69 Å². The van der Waals surface area contributed by atoms with E-state index < -0.39 is 17.3 Å². The van der Waals surface area contributed by atoms with Gasteiger partial charge in [-0.05, 0) is 68.8 Å². The van der Waals surface area contributed by atoms with Crippen LogP contribution in [-0.4, -0.2) is 51.4 Å². The first kappa shape index (κ1) is 28.4. The van der Waals surface area contributed by atoms with Crippen LogP contribution in [-0.2, 0) is 6.61 Å². The van der Waals surface area contributed by atoms with Crippen LogP contribution < -0.4 is 9.47 Å². The molecule has 1 aliphatic rings. The van der Waals surface area contributed by atoms with Gasteiger partial charge >= 0.3 is 5.97 Å². The third-order valence-electron chi connectivity index (χ3n) is 6.97. The standard InChI is InChI=1S/C30H26Cl2FN3O5/c1-30(2,3)35(4)28(37)26-23-14-41-25-13-24(40-5)21(15-6-16(29(38)39)8-19(33)7-15)12-22(25)27(23)36(34-26)20-10-17(31)9-18(32)11-20/h6-13H,14H2,1-5H3,(H,38,39). The van der Waals surface area contributed by atoms with Crippen molar-refractivity contribution in [3.8, 4) is 39.6 Å². The van der Waals surface area contributed by atoms with Crippen molar-refractivity contribution in [2.75, 3.05) is 14.2 Å². The van der Waals surface area contributed by atoms with E-state index in [2.05, 4.69) is 0 Å². The fourth-order valence-electron chi connectivity index (χ4n) is 4.63. The summed E-state index contributed by atoms with van der Waals surface area (Å²) in [5.74, 6) is -1.51. The molecule has 0 unspecified atom stereocenters. The fourth-order valence-corrected chi connectivity index (χ4v) is 5.14. The molecule has 0 saturated heterocycles. The molecule has 212 valence electrons. The molecule has 8 nitrogen and oxygen atoms in total. The number of carboxylic acids is 1. The Kier molecular flexibility index (Phi) is 7.21. The number of ether oxygens (including phenoxy) is 2. The molecule has 11 heteroatoms. The molecule has 3 aromatic carbocycles. The van der Waals surface area contributed by atoms with Crippen LogP contribution in [0.1, 0.15) is 47.2 Å². The largest absolute Gasteiger partial charge is 0.496 e. The van der Waals surface area contributed by atoms with Crippen LogP contribution in [0, 0.1) is 5.82 Å². The van der Waals surface area contributed by atoms with Crippen molar-refractivity contribution in [3.63, 3.8) is 0 Å². The molecule has 0 aliphatic carbocycles. The highest BCUT2D eigenvalue weighted by atomic mass is 35.5. The first-order chi connectivity index (χ1) is 19.3. The Balaban J connectivity index is 1.80. The average molecular weight is 598 g/mol. The number of aromatic nitrogens is 2. The predicted octanol–water partition coefficient (Wildman–Crippen LogP) is 7.12. The molecular weight excluding hydrogens is 572 g/mol. The number of hydrogen-bond acceptors (Lipinski definition) is 5. The van der Waals surface area contributed by atoms with Crippen molar-refractivity contribution < 1.29 is 28.6 Å². The molecule has 0 bridgehead atoms. The van der Waals surface area contributed by atoms with Crippen molar-refractivity contribution in [1.82, 2.24) is 14.7 Å². The van der Waals surface area contributed by atoms with E-state index >= 15 is 0 Å². The number of carbonyl (C=O) groups excluding carboxylic acids is 1. The Labute approximate surface area is 245 Å². The molecule has 41 heavy (non-hydrogen) atoms. The van der Waals surface area contributed by atoms with Crippen molar-refractivity contribution in [2.45, 2.75) is 32.9 Å². The zero-order valence-corrected chi connectivity index (χ0v) is 24.4. The van der Waals surface area contributed by atoms with Gasteiger partial charge in [-0.2, -0.15) is 5.10 Å². The third kappa shape index (κ3) is 5.23. The molecule has 2 heterocycles. The quantitative estimate of drug-likeness (QED) is 0.263. The van der Waals surface area contributed by atoms with Gasteiger partial charge in [-0.1, -0.05) is 23.2 Å². The lowest BCUT2D eigenvalue weighted by molar-refractivity contribution is 0.0644. The summed E-state index contributed by atoms with van der Waals surface area (Å²) in [5.41, 5.74) is 2.33. The second-order valence-electron chi connectivity index (χ2n) is 10.6. The summed E-state index contributed by atoms with van der Waals surface area (Å²) in [6.07, 6.45) is 0. The van der Waals surface area contributed by atoms with E-state index in [4.69, 9.17) is 37.8 Å². The minimum Gasteiger partial charge on any atom is -0.496 e. The molecule has 0 saturated carbocycles. The molecule has 1 amide bonds. The van der Waals surface area contributed by atoms with Crippen molar-refractivity contribution >= 4 is 35.1 Å². The molecule has 0 atom stereocenters. The number of carbonyl (C=O) groups is 2. The SMILES string of the molecule is COc1cc2c(cc1-c1cc(F)cc(C(=O)O)c1)-c1c(c(C(=O)N(C)C(C)(C)C)nn1-c1cc(Cl)cc(Cl)c1)CO2. The molecule has 1 aliphatic heterocycles. The number of methoxy groups -OCH3 is 1. The highest BCUT2D eigenvalue weighted by Gasteiger charge is 2.35. The summed E-state index contributed by atoms with van der Waals surface area (Å²) in [4.78, 5) is 27.0. The molecular formula is C30H26Cl2FN3O5. The van der Waals surface area contributed by atoms with Crippen LogP contribution in [0.4, 0.5) is 4.39 Å². The summed E-state index contributed by atoms with van der Waals surface area (Å²) in [6.45, 7) is 5.79. The van der Waals surface area contributed by atoms with Crippen LogP contribution in [0.25, 0.3) is 28.1 Å². The van der Waals surface area contributed by atoms with Crippen LogP contribution in [0.5, 0.6) is 11.5 Å². The molecule has 0 fully saturated rings. The number of hydrogen-bond donors (Lipinski definition) is 1. The number of nitrogens with zero attached hydrogens (tertiary/aromatic N) is 3. The molecule has 1 aromatic heterocycles. The Bertz CT molecular complexity index is 1710. The molecule has 4 aromatic rings. The third-order valence-corrected chi connectivity index (χ3v) is 7.41. The minimum absolute atomic E-state index is 0.0430. The second kappa shape index (κ2) is 10.4. The molecule has 0 radical (unpaired) electrons. The van der Waals surface area contributed by atoms with E-state index in [1.54, 1.807) is 47.0 Å². The van der Waals surface area contributed by atoms with Gasteiger partial charge in [-0.25, -0.2) is 13.9 Å². The molecule has 5 rings (SSSR count). The maximum absolute atomic E-state index is 14.5. The van der Waals surface area contributed by atoms with E-state index in [-0.39, 0.29) is 29.3 Å². The Hall–Kier alpha value is -4.08. The van der Waals surface area contributed by atoms with Crippen molar-refractivity contribution in [2.24, 2.45) is 0 Å². The maximum atomic E-state index is 14.5. The number of carboxylic acid groups (broad SMARTS) is 1. The normalized spacial score (nSPS) is 12.3. The molecule has 0 spiro atoms. The summed E-state index contributed by atoms with van der Waals surface area (Å²) in [7, 11) is 3.16. The van der Waals surface area contributed by atoms with Gasteiger partial charge in [-0.3, -0.25) is 4.79 Å². The monoisotopic (exact) mass is 597 g/mol. The molecule has 1 N–H and O–H groups in total. The van der Waals surface area contributed by atoms with E-state index in [0.717, 1.165) is 6.07 Å². The predicted molar refractivity (Wildman–Crippen MR) is 154 cm³/mol. The number of fused-ring (bicyclic) bond motifs is 3. The average Bonchev–Trinajstić information content (AvgIpc) is 3.30. The number of benzene rings is 3. The topological polar surface area (TPSA) is 93.9 Å². The van der Waals surface area contributed by atoms with Gasteiger partial charge in [0.2, 0.25) is 0 Å². The van der Waals surface area contributed by atoms with Gasteiger partial charge < -0.3 is 19.5 Å². The first-order valence-corrected chi connectivity index (χ1v) is 13.3. The van der Waals surface area contributed by atoms with Gasteiger partial charge in [-0.15, -0.1) is 0 Å². The minimum atomic E-state index is -1.27. The van der Waals surface area contributed by atoms with Gasteiger partial charge in [0.05, 0.1) is 24.1 Å². The summed E-state index contributed by atoms with van der Waals surface area (Å²) < 4.78 is 27.8. The van der Waals surface area contributed by atoms with Gasteiger partial charge in [0.25, 0.3) is 5.91 Å². The second-order valence-corrected chi connectivity index (χ2v) is 11.5. The zero-order valence-electron chi connectivity index (χ0n) is 22.9. The Morgan fingerprint density at radius 2 is 1.73 bits per heavy atom. The van der Waals surface area contributed by atoms with E-state index in [1.807, 2.05) is 20.8 Å². The Morgan fingerprint density at radius 3 is 2.34 bits per heavy atom. The lowest BCUT2D eigenvalue weighted by Gasteiger charge is -2.31. The summed E-state index contributed by atoms with van der Waals surface area (Å²) >= 11 is 12.7. The van der Waals surface area contributed by atoms with Gasteiger partial charge in [0, 0.05) is 45.4 Å². The number of aromatic carboxylic acids is 1. The van der Waals surface area contributed by atoms with E-state index in [9.17, 15) is 19.1 Å². The lowest BCUT2D eigenvalue weighted by atomic mass is 9.94. The van der Waals surface area contributed by atoms with E-state index in [1.165, 1.54) is 19.2 Å². The van der Waals surface area contributed by atoms with Crippen molar-refractivity contribution in [1.29, 1.82) is 0 Å². The summed E-state index contributed by atoms with van der Waals surface area (Å²) in [5, 5.41) is 15.0. The smallest absolute Gasteiger partial charge is 0.335 e.